The molecular formula is C17H22N2O4. The van der Waals surface area contributed by atoms with Crippen LogP contribution in [0.1, 0.15) is 39.2 Å². The van der Waals surface area contributed by atoms with Crippen LogP contribution in [0.5, 0.6) is 0 Å². The minimum atomic E-state index is -0.923. The van der Waals surface area contributed by atoms with Gasteiger partial charge in [0.2, 0.25) is 0 Å². The highest BCUT2D eigenvalue weighted by molar-refractivity contribution is 5.88. The highest BCUT2D eigenvalue weighted by atomic mass is 16.6. The first-order valence-corrected chi connectivity index (χ1v) is 7.82. The molecule has 0 aliphatic carbocycles. The molecule has 6 nitrogen and oxygen atoms in total. The number of benzene rings is 1. The van der Waals surface area contributed by atoms with Gasteiger partial charge in [0.05, 0.1) is 5.69 Å². The quantitative estimate of drug-likeness (QED) is 0.765. The molecule has 6 heteroatoms. The average molecular weight is 318 g/mol. The third kappa shape index (κ3) is 2.62. The van der Waals surface area contributed by atoms with Crippen molar-refractivity contribution in [2.75, 3.05) is 11.9 Å². The largest absolute Gasteiger partial charge is 0.465 e. The lowest BCUT2D eigenvalue weighted by atomic mass is 9.72. The Labute approximate surface area is 135 Å². The first-order chi connectivity index (χ1) is 10.7. The molecule has 1 fully saturated rings. The van der Waals surface area contributed by atoms with Gasteiger partial charge in [-0.25, -0.2) is 9.59 Å². The van der Waals surface area contributed by atoms with E-state index in [4.69, 9.17) is 4.74 Å². The third-order valence-corrected chi connectivity index (χ3v) is 4.84. The van der Waals surface area contributed by atoms with Gasteiger partial charge in [0, 0.05) is 31.0 Å². The Hall–Kier alpha value is -2.24. The van der Waals surface area contributed by atoms with Crippen molar-refractivity contribution in [1.82, 2.24) is 4.90 Å². The smallest absolute Gasteiger partial charge is 0.412 e. The minimum Gasteiger partial charge on any atom is -0.465 e. The number of nitrogens with one attached hydrogen (secondary N) is 1. The molecule has 2 heterocycles. The van der Waals surface area contributed by atoms with E-state index in [9.17, 15) is 14.7 Å². The van der Waals surface area contributed by atoms with Crippen LogP contribution in [0, 0.1) is 5.41 Å². The van der Waals surface area contributed by atoms with Crippen LogP contribution in [0.4, 0.5) is 15.3 Å². The van der Waals surface area contributed by atoms with Gasteiger partial charge in [0.1, 0.15) is 5.60 Å². The Morgan fingerprint density at radius 2 is 2.09 bits per heavy atom. The number of carbonyl (C=O) groups is 2. The van der Waals surface area contributed by atoms with Crippen LogP contribution in [0.25, 0.3) is 0 Å². The number of fused-ring (bicyclic) bond motifs is 2. The number of likely N-dealkylation sites (tertiary alicyclic amines) is 1. The number of anilines is 1. The van der Waals surface area contributed by atoms with Gasteiger partial charge < -0.3 is 14.7 Å². The Morgan fingerprint density at radius 1 is 1.39 bits per heavy atom. The van der Waals surface area contributed by atoms with Gasteiger partial charge >= 0.3 is 12.2 Å². The maximum atomic E-state index is 12.0. The van der Waals surface area contributed by atoms with Crippen molar-refractivity contribution in [2.45, 2.75) is 45.3 Å². The van der Waals surface area contributed by atoms with Crippen molar-refractivity contribution < 1.29 is 19.4 Å². The monoisotopic (exact) mass is 318 g/mol. The van der Waals surface area contributed by atoms with Crippen LogP contribution in [0.2, 0.25) is 0 Å². The number of carboxylic acid groups (broad SMARTS) is 1. The molecule has 23 heavy (non-hydrogen) atoms. The number of amides is 2. The van der Waals surface area contributed by atoms with E-state index in [1.807, 2.05) is 45.0 Å². The maximum absolute atomic E-state index is 12.0. The lowest BCUT2D eigenvalue weighted by Crippen LogP contribution is -2.58. The van der Waals surface area contributed by atoms with Crippen molar-refractivity contribution in [1.29, 1.82) is 0 Å². The van der Waals surface area contributed by atoms with Gasteiger partial charge in [-0.05, 0) is 11.5 Å². The number of para-hydroxylation sites is 1. The van der Waals surface area contributed by atoms with Crippen molar-refractivity contribution in [3.05, 3.63) is 29.8 Å². The second-order valence-corrected chi connectivity index (χ2v) is 7.37. The molecule has 2 N–H and O–H groups in total. The Morgan fingerprint density at radius 3 is 2.74 bits per heavy atom. The van der Waals surface area contributed by atoms with Crippen molar-refractivity contribution in [3.63, 3.8) is 0 Å². The summed E-state index contributed by atoms with van der Waals surface area (Å²) in [5.74, 6) is 0. The van der Waals surface area contributed by atoms with Crippen molar-refractivity contribution in [3.8, 4) is 0 Å². The normalized spacial score (nSPS) is 27.2. The summed E-state index contributed by atoms with van der Waals surface area (Å²) in [5.41, 5.74) is 0.667. The molecule has 1 saturated heterocycles. The Balaban J connectivity index is 2.04. The van der Waals surface area contributed by atoms with Gasteiger partial charge in [0.15, 0.2) is 0 Å². The standard InChI is InChI=1S/C17H22N2O4/c1-16(2,3)13-10-17(8-9-19(13)15(21)22)11-6-4-5-7-12(11)18-14(20)23-17/h4-7,13H,8-10H2,1-3H3,(H,18,20)(H,21,22). The lowest BCUT2D eigenvalue weighted by molar-refractivity contribution is -0.0742. The molecule has 1 spiro atoms. The summed E-state index contributed by atoms with van der Waals surface area (Å²) in [5, 5.41) is 12.2. The topological polar surface area (TPSA) is 78.9 Å². The number of hydrogen-bond acceptors (Lipinski definition) is 3. The van der Waals surface area contributed by atoms with E-state index in [-0.39, 0.29) is 11.5 Å². The predicted molar refractivity (Wildman–Crippen MR) is 85.4 cm³/mol. The molecule has 2 aliphatic heterocycles. The zero-order valence-corrected chi connectivity index (χ0v) is 13.6. The molecule has 0 saturated carbocycles. The molecule has 2 atom stereocenters. The molecule has 2 aliphatic rings. The molecule has 124 valence electrons. The van der Waals surface area contributed by atoms with Gasteiger partial charge in [-0.15, -0.1) is 0 Å². The zero-order chi connectivity index (χ0) is 16.8. The number of carbonyl (C=O) groups excluding carboxylic acids is 1. The lowest BCUT2D eigenvalue weighted by Gasteiger charge is -2.50. The first kappa shape index (κ1) is 15.6. The van der Waals surface area contributed by atoms with Gasteiger partial charge in [0.25, 0.3) is 0 Å². The molecule has 1 aromatic rings. The second-order valence-electron chi connectivity index (χ2n) is 7.37. The highest BCUT2D eigenvalue weighted by Gasteiger charge is 2.51. The van der Waals surface area contributed by atoms with Gasteiger partial charge in [-0.2, -0.15) is 0 Å². The molecule has 0 bridgehead atoms. The summed E-state index contributed by atoms with van der Waals surface area (Å²) in [6.45, 7) is 6.39. The van der Waals surface area contributed by atoms with E-state index in [0.29, 0.717) is 19.4 Å². The minimum absolute atomic E-state index is 0.229. The molecule has 0 radical (unpaired) electrons. The summed E-state index contributed by atoms with van der Waals surface area (Å²) in [4.78, 5) is 25.1. The number of hydrogen-bond donors (Lipinski definition) is 2. The number of ether oxygens (including phenoxy) is 1. The molecule has 3 rings (SSSR count). The van der Waals surface area contributed by atoms with E-state index in [1.54, 1.807) is 0 Å². The van der Waals surface area contributed by atoms with Crippen LogP contribution in [0.3, 0.4) is 0 Å². The van der Waals surface area contributed by atoms with Crippen LogP contribution in [0.15, 0.2) is 24.3 Å². The predicted octanol–water partition coefficient (Wildman–Crippen LogP) is 3.63. The number of piperidine rings is 1. The molecule has 1 aromatic carbocycles. The third-order valence-electron chi connectivity index (χ3n) is 4.84. The highest BCUT2D eigenvalue weighted by Crippen LogP contribution is 2.48. The van der Waals surface area contributed by atoms with Crippen LogP contribution < -0.4 is 5.32 Å². The molecule has 0 aromatic heterocycles. The fraction of sp³-hybridized carbons (Fsp3) is 0.529. The fourth-order valence-corrected chi connectivity index (χ4v) is 3.68. The summed E-state index contributed by atoms with van der Waals surface area (Å²) in [6, 6.07) is 7.36. The van der Waals surface area contributed by atoms with Crippen LogP contribution in [-0.4, -0.2) is 34.8 Å². The summed E-state index contributed by atoms with van der Waals surface area (Å²) in [6.07, 6.45) is -0.461. The number of rotatable bonds is 0. The molecule has 2 amide bonds. The van der Waals surface area contributed by atoms with Crippen molar-refractivity contribution in [2.24, 2.45) is 5.41 Å². The van der Waals surface area contributed by atoms with Crippen LogP contribution in [-0.2, 0) is 10.3 Å². The van der Waals surface area contributed by atoms with E-state index in [0.717, 1.165) is 11.3 Å². The van der Waals surface area contributed by atoms with Crippen LogP contribution >= 0.6 is 0 Å². The van der Waals surface area contributed by atoms with E-state index >= 15 is 0 Å². The average Bonchev–Trinajstić information content (AvgIpc) is 2.46. The van der Waals surface area contributed by atoms with Gasteiger partial charge in [-0.1, -0.05) is 39.0 Å². The molecular weight excluding hydrogens is 296 g/mol. The Bertz CT molecular complexity index is 652. The second kappa shape index (κ2) is 5.15. The summed E-state index contributed by atoms with van der Waals surface area (Å²) >= 11 is 0. The summed E-state index contributed by atoms with van der Waals surface area (Å²) < 4.78 is 5.73. The van der Waals surface area contributed by atoms with Gasteiger partial charge in [-0.3, -0.25) is 5.32 Å². The number of nitrogens with zero attached hydrogens (tertiary/aromatic N) is 1. The van der Waals surface area contributed by atoms with E-state index in [1.165, 1.54) is 4.90 Å². The fourth-order valence-electron chi connectivity index (χ4n) is 3.68. The maximum Gasteiger partial charge on any atom is 0.412 e. The zero-order valence-electron chi connectivity index (χ0n) is 13.6. The summed E-state index contributed by atoms with van der Waals surface area (Å²) in [7, 11) is 0. The van der Waals surface area contributed by atoms with E-state index in [2.05, 4.69) is 5.32 Å². The molecule has 2 unspecified atom stereocenters. The van der Waals surface area contributed by atoms with E-state index < -0.39 is 17.8 Å². The SMILES string of the molecule is CC(C)(C)C1CC2(CCN1C(=O)O)OC(=O)Nc1ccccc12. The first-order valence-electron chi connectivity index (χ1n) is 7.82. The Kier molecular flexibility index (Phi) is 3.50. The van der Waals surface area contributed by atoms with Crippen molar-refractivity contribution >= 4 is 17.9 Å².